The second-order valence-electron chi connectivity index (χ2n) is 28.8. The average molecular weight is 1170 g/mol. The molecule has 16 unspecified atom stereocenters. The number of ether oxygens (including phenoxy) is 2. The molecule has 0 saturated heterocycles. The number of hydrogen-bond acceptors (Lipinski definition) is 13. The summed E-state index contributed by atoms with van der Waals surface area (Å²) in [5.74, 6) is 2.58. The van der Waals surface area contributed by atoms with Gasteiger partial charge in [-0.15, -0.1) is 0 Å². The Morgan fingerprint density at radius 3 is 1.34 bits per heavy atom. The number of rotatable bonds is 14. The molecule has 2 amide bonds. The van der Waals surface area contributed by atoms with Crippen molar-refractivity contribution in [2.75, 3.05) is 12.5 Å². The van der Waals surface area contributed by atoms with Gasteiger partial charge >= 0.3 is 29.8 Å². The molecule has 10 aliphatic carbocycles. The van der Waals surface area contributed by atoms with Crippen molar-refractivity contribution in [2.24, 2.45) is 110 Å². The first-order chi connectivity index (χ1) is 36.5. The van der Waals surface area contributed by atoms with Gasteiger partial charge < -0.3 is 24.8 Å². The van der Waals surface area contributed by atoms with Gasteiger partial charge in [0.25, 0.3) is 0 Å². The molecular weight excluding hydrogens is 1070 g/mol. The monoisotopic (exact) mass is 1170 g/mol. The van der Waals surface area contributed by atoms with Crippen molar-refractivity contribution in [3.05, 3.63) is 0 Å². The molecule has 0 heterocycles. The molecule has 10 fully saturated rings. The van der Waals surface area contributed by atoms with E-state index < -0.39 is 76.7 Å². The Labute approximate surface area is 478 Å². The number of carboxylic acid groups (broad SMARTS) is 3. The SMILES string of the molecule is CC1C2CC(C(=O)NS(C)(=O)=O)C(C2)C1C.CC1C2CC(C(=O)O)C(C2)C1C.CCC(C)(C)C(=O)NS(C)(=O)=O.CCC(C)(C)C(=O)OC1(C)CC2CC1CC2C(=O)O.CCC(C)(C)C(=O)OC12CC3CC(C1)CC(C(=O)O)(C3)C2. The third-order valence-corrected chi connectivity index (χ3v) is 23.2. The van der Waals surface area contributed by atoms with E-state index in [1.165, 1.54) is 6.42 Å². The van der Waals surface area contributed by atoms with E-state index in [4.69, 9.17) is 19.7 Å². The van der Waals surface area contributed by atoms with Gasteiger partial charge in [0.2, 0.25) is 31.9 Å². The maximum Gasteiger partial charge on any atom is 0.312 e. The van der Waals surface area contributed by atoms with Gasteiger partial charge in [0, 0.05) is 17.8 Å². The molecule has 0 aromatic carbocycles. The summed E-state index contributed by atoms with van der Waals surface area (Å²) in [6.07, 6.45) is 15.3. The van der Waals surface area contributed by atoms with E-state index in [1.807, 2.05) is 60.1 Å². The maximum atomic E-state index is 12.5. The van der Waals surface area contributed by atoms with E-state index in [1.54, 1.807) is 13.8 Å². The number of sulfonamides is 2. The van der Waals surface area contributed by atoms with Crippen LogP contribution in [0.5, 0.6) is 0 Å². The fraction of sp³-hybridized carbons (Fsp3) is 0.883. The smallest absolute Gasteiger partial charge is 0.312 e. The zero-order valence-electron chi connectivity index (χ0n) is 50.9. The van der Waals surface area contributed by atoms with E-state index >= 15 is 0 Å². The van der Waals surface area contributed by atoms with Gasteiger partial charge in [0.05, 0.1) is 40.6 Å². The molecule has 10 rings (SSSR count). The van der Waals surface area contributed by atoms with Gasteiger partial charge in [-0.25, -0.2) is 16.8 Å². The summed E-state index contributed by atoms with van der Waals surface area (Å²) < 4.78 is 59.2. The molecule has 10 aliphatic rings. The number of fused-ring (bicyclic) bond motifs is 6. The number of nitrogens with one attached hydrogen (secondary N) is 2. The van der Waals surface area contributed by atoms with Crippen LogP contribution in [0.2, 0.25) is 0 Å². The highest BCUT2D eigenvalue weighted by atomic mass is 32.2. The average Bonchev–Trinajstić information content (AvgIpc) is 4.20. The van der Waals surface area contributed by atoms with Gasteiger partial charge in [-0.1, -0.05) is 62.3 Å². The van der Waals surface area contributed by atoms with Crippen LogP contribution in [0.15, 0.2) is 0 Å². The molecule has 20 heteroatoms. The first-order valence-corrected chi connectivity index (χ1v) is 33.5. The Balaban J connectivity index is 0.000000187. The number of carbonyl (C=O) groups excluding carboxylic acids is 4. The number of carbonyl (C=O) groups is 7. The summed E-state index contributed by atoms with van der Waals surface area (Å²) in [4.78, 5) is 81.5. The van der Waals surface area contributed by atoms with Gasteiger partial charge in [0.1, 0.15) is 11.2 Å². The van der Waals surface area contributed by atoms with E-state index in [0.717, 1.165) is 89.1 Å². The minimum Gasteiger partial charge on any atom is -0.481 e. The van der Waals surface area contributed by atoms with Gasteiger partial charge in [-0.2, -0.15) is 0 Å². The van der Waals surface area contributed by atoms with Crippen LogP contribution in [0.4, 0.5) is 0 Å². The molecule has 0 spiro atoms. The van der Waals surface area contributed by atoms with E-state index in [9.17, 15) is 55.5 Å². The Bertz CT molecular complexity index is 2540. The summed E-state index contributed by atoms with van der Waals surface area (Å²) in [7, 11) is -6.82. The second kappa shape index (κ2) is 24.4. The minimum atomic E-state index is -3.42. The highest BCUT2D eigenvalue weighted by Gasteiger charge is 2.63. The third kappa shape index (κ3) is 15.1. The van der Waals surface area contributed by atoms with Gasteiger partial charge in [-0.3, -0.25) is 43.0 Å². The van der Waals surface area contributed by atoms with Crippen LogP contribution < -0.4 is 9.44 Å². The largest absolute Gasteiger partial charge is 0.481 e. The van der Waals surface area contributed by atoms with Crippen molar-refractivity contribution in [1.29, 1.82) is 0 Å². The predicted molar refractivity (Wildman–Crippen MR) is 302 cm³/mol. The normalized spacial score (nSPS) is 37.7. The summed E-state index contributed by atoms with van der Waals surface area (Å²) in [6, 6.07) is 0. The lowest BCUT2D eigenvalue weighted by Crippen LogP contribution is -2.60. The van der Waals surface area contributed by atoms with Crippen molar-refractivity contribution in [2.45, 2.75) is 211 Å². The standard InChI is InChI=1S/C17H26O4.C15H24O4.C11H19NO3S.C10H16O2.C7H15NO3S/c1-4-15(2,3)14(20)21-17-8-11-5-12(9-17)7-16(6-11,10-17)13(18)19;1-5-14(2,3)13(18)19-15(4)8-9-6-10(15)7-11(9)12(16)17;1-6-7(2)9-4-8(6)5-10(9)11(13)12-16(3,14)15;1-5-6(2)8-3-7(5)4-9(8)10(11)12;1-5-7(2,3)6(9)8-12(4,10)11/h11-12H,4-10H2,1-3H3,(H,18,19);9-11H,5-8H2,1-4H3,(H,16,17);6-10H,4-5H2,1-3H3,(H,12,13);5-9H,3-4H2,1-2H3,(H,11,12);5H2,1-4H3,(H,8,9). The summed E-state index contributed by atoms with van der Waals surface area (Å²) >= 11 is 0. The first kappa shape index (κ1) is 67.0. The molecule has 18 nitrogen and oxygen atoms in total. The lowest BCUT2D eigenvalue weighted by molar-refractivity contribution is -0.215. The lowest BCUT2D eigenvalue weighted by atomic mass is 9.48. The van der Waals surface area contributed by atoms with Crippen molar-refractivity contribution in [3.63, 3.8) is 0 Å². The number of amides is 2. The van der Waals surface area contributed by atoms with E-state index in [0.29, 0.717) is 78.9 Å². The third-order valence-electron chi connectivity index (χ3n) is 22.0. The van der Waals surface area contributed by atoms with Crippen LogP contribution in [0.3, 0.4) is 0 Å². The Morgan fingerprint density at radius 2 is 0.963 bits per heavy atom. The first-order valence-electron chi connectivity index (χ1n) is 29.7. The molecule has 458 valence electrons. The predicted octanol–water partition coefficient (Wildman–Crippen LogP) is 9.73. The fourth-order valence-corrected chi connectivity index (χ4v) is 16.8. The molecule has 0 aliphatic heterocycles. The van der Waals surface area contributed by atoms with Crippen LogP contribution >= 0.6 is 0 Å². The molecule has 80 heavy (non-hydrogen) atoms. The summed E-state index contributed by atoms with van der Waals surface area (Å²) in [6.45, 7) is 27.7. The van der Waals surface area contributed by atoms with Crippen molar-refractivity contribution in [1.82, 2.24) is 9.44 Å². The topological polar surface area (TPSA) is 291 Å². The quantitative estimate of drug-likeness (QED) is 0.101. The molecule has 0 aromatic rings. The van der Waals surface area contributed by atoms with E-state index in [-0.39, 0.29) is 47.4 Å². The fourth-order valence-electron chi connectivity index (χ4n) is 15.7. The Morgan fingerprint density at radius 1 is 0.525 bits per heavy atom. The Kier molecular flexibility index (Phi) is 20.4. The van der Waals surface area contributed by atoms with Crippen LogP contribution in [-0.4, -0.2) is 97.5 Å². The van der Waals surface area contributed by atoms with Crippen molar-refractivity contribution >= 4 is 61.7 Å². The van der Waals surface area contributed by atoms with Crippen LogP contribution in [0.1, 0.15) is 200 Å². The molecule has 0 radical (unpaired) electrons. The van der Waals surface area contributed by atoms with Crippen molar-refractivity contribution in [3.8, 4) is 0 Å². The number of aliphatic carboxylic acids is 3. The zero-order chi connectivity index (χ0) is 60.8. The van der Waals surface area contributed by atoms with E-state index in [2.05, 4.69) is 32.4 Å². The Hall–Kier alpha value is -3.81. The second-order valence-corrected chi connectivity index (χ2v) is 32.3. The maximum absolute atomic E-state index is 12.5. The lowest BCUT2D eigenvalue weighted by Gasteiger charge is -2.59. The number of carboxylic acids is 3. The molecular formula is C60H100N2O16S2. The number of esters is 2. The minimum absolute atomic E-state index is 0.0267. The van der Waals surface area contributed by atoms with Gasteiger partial charge in [-0.05, 0) is 202 Å². The van der Waals surface area contributed by atoms with Crippen molar-refractivity contribution < 1.29 is 75.2 Å². The molecule has 5 N–H and O–H groups in total. The zero-order valence-corrected chi connectivity index (χ0v) is 52.6. The molecule has 10 bridgehead atoms. The highest BCUT2D eigenvalue weighted by Crippen LogP contribution is 2.63. The van der Waals surface area contributed by atoms with Gasteiger partial charge in [0.15, 0.2) is 0 Å². The molecule has 16 atom stereocenters. The van der Waals surface area contributed by atoms with Crippen LogP contribution in [0, 0.1) is 110 Å². The molecule has 0 aromatic heterocycles. The number of hydrogen-bond donors (Lipinski definition) is 5. The van der Waals surface area contributed by atoms with Crippen LogP contribution in [0.25, 0.3) is 0 Å². The summed E-state index contributed by atoms with van der Waals surface area (Å²) in [5.41, 5.74) is -3.17. The van der Waals surface area contributed by atoms with Crippen LogP contribution in [-0.2, 0) is 63.1 Å². The highest BCUT2D eigenvalue weighted by molar-refractivity contribution is 7.89. The molecule has 10 saturated carbocycles. The summed E-state index contributed by atoms with van der Waals surface area (Å²) in [5, 5.41) is 27.8.